The van der Waals surface area contributed by atoms with Crippen LogP contribution in [0.15, 0.2) is 35.8 Å². The summed E-state index contributed by atoms with van der Waals surface area (Å²) in [6.07, 6.45) is 6.54. The van der Waals surface area contributed by atoms with Crippen molar-refractivity contribution >= 4 is 27.1 Å². The normalized spacial score (nSPS) is 18.3. The second-order valence-electron chi connectivity index (χ2n) is 5.68. The maximum atomic E-state index is 11.4. The number of hydrogen-bond donors (Lipinski definition) is 0. The highest BCUT2D eigenvalue weighted by Gasteiger charge is 2.25. The van der Waals surface area contributed by atoms with Crippen LogP contribution < -0.4 is 4.90 Å². The average Bonchev–Trinajstić information content (AvgIpc) is 2.94. The predicted molar refractivity (Wildman–Crippen MR) is 94.4 cm³/mol. The van der Waals surface area contributed by atoms with E-state index in [1.165, 1.54) is 0 Å². The third-order valence-electron chi connectivity index (χ3n) is 4.07. The van der Waals surface area contributed by atoms with Crippen LogP contribution in [0.25, 0.3) is 0 Å². The Bertz CT molecular complexity index is 807. The maximum absolute atomic E-state index is 11.4. The summed E-state index contributed by atoms with van der Waals surface area (Å²) in [4.78, 5) is 2.30. The van der Waals surface area contributed by atoms with Crippen molar-refractivity contribution in [3.8, 4) is 6.07 Å². The molecule has 0 N–H and O–H groups in total. The van der Waals surface area contributed by atoms with Crippen molar-refractivity contribution in [1.82, 2.24) is 0 Å². The highest BCUT2D eigenvalue weighted by molar-refractivity contribution is 7.94. The van der Waals surface area contributed by atoms with Gasteiger partial charge in [-0.05, 0) is 43.5 Å². The lowest BCUT2D eigenvalue weighted by molar-refractivity contribution is 0.608. The van der Waals surface area contributed by atoms with Crippen molar-refractivity contribution in [3.63, 3.8) is 0 Å². The van der Waals surface area contributed by atoms with Crippen molar-refractivity contribution in [1.29, 1.82) is 5.26 Å². The maximum Gasteiger partial charge on any atom is 0.174 e. The minimum atomic E-state index is -3.26. The highest BCUT2D eigenvalue weighted by atomic mass is 35.5. The number of sulfone groups is 1. The second-order valence-corrected chi connectivity index (χ2v) is 8.13. The van der Waals surface area contributed by atoms with Gasteiger partial charge in [-0.2, -0.15) is 5.26 Å². The van der Waals surface area contributed by atoms with E-state index in [9.17, 15) is 8.42 Å². The van der Waals surface area contributed by atoms with Crippen molar-refractivity contribution in [3.05, 3.63) is 51.9 Å². The molecule has 4 nitrogen and oxygen atoms in total. The molecule has 6 heteroatoms. The fourth-order valence-corrected chi connectivity index (χ4v) is 3.23. The first-order valence-electron chi connectivity index (χ1n) is 7.28. The van der Waals surface area contributed by atoms with Crippen molar-refractivity contribution in [2.45, 2.75) is 25.8 Å². The molecule has 0 saturated carbocycles. The lowest BCUT2D eigenvalue weighted by Gasteiger charge is -2.27. The summed E-state index contributed by atoms with van der Waals surface area (Å²) in [5.41, 5.74) is 2.31. The first-order valence-corrected chi connectivity index (χ1v) is 9.55. The van der Waals surface area contributed by atoms with E-state index >= 15 is 0 Å². The zero-order chi connectivity index (χ0) is 17.2. The number of nitrogens with zero attached hydrogens (tertiary/aromatic N) is 2. The molecule has 0 bridgehead atoms. The van der Waals surface area contributed by atoms with E-state index in [1.54, 1.807) is 12.1 Å². The molecule has 0 radical (unpaired) electrons. The van der Waals surface area contributed by atoms with Crippen molar-refractivity contribution in [2.75, 3.05) is 17.7 Å². The van der Waals surface area contributed by atoms with Gasteiger partial charge in [-0.1, -0.05) is 24.3 Å². The van der Waals surface area contributed by atoms with Crippen LogP contribution >= 0.6 is 11.6 Å². The van der Waals surface area contributed by atoms with Gasteiger partial charge in [-0.15, -0.1) is 0 Å². The molecule has 0 spiro atoms. The largest absolute Gasteiger partial charge is 0.365 e. The molecule has 0 aromatic heterocycles. The molecule has 0 amide bonds. The zero-order valence-electron chi connectivity index (χ0n) is 13.2. The number of halogens is 1. The average molecular weight is 351 g/mol. The Morgan fingerprint density at radius 3 is 2.83 bits per heavy atom. The van der Waals surface area contributed by atoms with E-state index in [0.29, 0.717) is 10.6 Å². The Kier molecular flexibility index (Phi) is 5.18. The van der Waals surface area contributed by atoms with E-state index in [0.717, 1.165) is 36.9 Å². The van der Waals surface area contributed by atoms with E-state index in [1.807, 2.05) is 19.1 Å². The van der Waals surface area contributed by atoms with Gasteiger partial charge in [-0.3, -0.25) is 0 Å². The molecule has 0 aliphatic carbocycles. The number of hydrogen-bond acceptors (Lipinski definition) is 4. The van der Waals surface area contributed by atoms with Crippen LogP contribution in [0.1, 0.15) is 24.0 Å². The minimum absolute atomic E-state index is 0.0937. The van der Waals surface area contributed by atoms with Gasteiger partial charge >= 0.3 is 0 Å². The first-order chi connectivity index (χ1) is 10.8. The molecule has 1 unspecified atom stereocenters. The summed E-state index contributed by atoms with van der Waals surface area (Å²) in [6.45, 7) is 6.35. The summed E-state index contributed by atoms with van der Waals surface area (Å²) >= 11 is 6.25. The van der Waals surface area contributed by atoms with Gasteiger partial charge in [0.15, 0.2) is 9.84 Å². The Morgan fingerprint density at radius 1 is 1.52 bits per heavy atom. The number of anilines is 1. The van der Waals surface area contributed by atoms with E-state index in [4.69, 9.17) is 16.9 Å². The molecule has 1 aromatic rings. The lowest BCUT2D eigenvalue weighted by atomic mass is 10.1. The lowest BCUT2D eigenvalue weighted by Crippen LogP contribution is -2.28. The van der Waals surface area contributed by atoms with Crippen molar-refractivity contribution < 1.29 is 8.42 Å². The molecule has 1 aliphatic rings. The first kappa shape index (κ1) is 17.6. The van der Waals surface area contributed by atoms with Gasteiger partial charge < -0.3 is 4.90 Å². The number of benzene rings is 1. The molecule has 1 heterocycles. The molecule has 1 aromatic carbocycles. The van der Waals surface area contributed by atoms with Gasteiger partial charge in [0, 0.05) is 24.5 Å². The summed E-state index contributed by atoms with van der Waals surface area (Å²) in [7, 11) is -3.26. The third kappa shape index (κ3) is 3.77. The van der Waals surface area contributed by atoms with Crippen molar-refractivity contribution in [2.24, 2.45) is 0 Å². The summed E-state index contributed by atoms with van der Waals surface area (Å²) in [5, 5.41) is 9.52. The minimum Gasteiger partial charge on any atom is -0.365 e. The molecule has 1 atom stereocenters. The zero-order valence-corrected chi connectivity index (χ0v) is 14.8. The quantitative estimate of drug-likeness (QED) is 0.778. The van der Waals surface area contributed by atoms with Crippen LogP contribution in [-0.4, -0.2) is 27.3 Å². The fourth-order valence-electron chi connectivity index (χ4n) is 2.71. The standard InChI is InChI=1S/C17H19ClN2O2S/c1-12(23(3,21)22)6-8-15-5-4-10-20(15)16-9-7-14(11-19)17(18)13(16)2/h6-9,15H,1,4-5,10H2,2-3H3/b8-6+. The predicted octanol–water partition coefficient (Wildman–Crippen LogP) is 3.60. The SMILES string of the molecule is C=C(/C=C/C1CCCN1c1ccc(C#N)c(Cl)c1C)S(C)(=O)=O. The van der Waals surface area contributed by atoms with Crippen LogP contribution in [0.5, 0.6) is 0 Å². The van der Waals surface area contributed by atoms with Gasteiger partial charge in [0.25, 0.3) is 0 Å². The molecule has 2 rings (SSSR count). The fraction of sp³-hybridized carbons (Fsp3) is 0.353. The third-order valence-corrected chi connectivity index (χ3v) is 5.64. The molecule has 1 aliphatic heterocycles. The monoisotopic (exact) mass is 350 g/mol. The second kappa shape index (κ2) is 6.77. The van der Waals surface area contributed by atoms with Crippen LogP contribution in [0, 0.1) is 18.3 Å². The topological polar surface area (TPSA) is 61.2 Å². The molecular weight excluding hydrogens is 332 g/mol. The molecule has 1 saturated heterocycles. The summed E-state index contributed by atoms with van der Waals surface area (Å²) < 4.78 is 22.9. The molecule has 122 valence electrons. The molecule has 23 heavy (non-hydrogen) atoms. The van der Waals surface area contributed by atoms with E-state index in [2.05, 4.69) is 17.5 Å². The number of allylic oxidation sites excluding steroid dienone is 1. The smallest absolute Gasteiger partial charge is 0.174 e. The van der Waals surface area contributed by atoms with Crippen LogP contribution in [0.4, 0.5) is 5.69 Å². The number of nitriles is 1. The van der Waals surface area contributed by atoms with Crippen LogP contribution in [0.2, 0.25) is 5.02 Å². The van der Waals surface area contributed by atoms with Crippen LogP contribution in [0.3, 0.4) is 0 Å². The van der Waals surface area contributed by atoms with Gasteiger partial charge in [0.1, 0.15) is 6.07 Å². The summed E-state index contributed by atoms with van der Waals surface area (Å²) in [6, 6.07) is 5.79. The Hall–Kier alpha value is -1.77. The Labute approximate surface area is 142 Å². The van der Waals surface area contributed by atoms with E-state index < -0.39 is 9.84 Å². The van der Waals surface area contributed by atoms with Crippen LogP contribution in [-0.2, 0) is 9.84 Å². The highest BCUT2D eigenvalue weighted by Crippen LogP contribution is 2.34. The molecule has 1 fully saturated rings. The van der Waals surface area contributed by atoms with Gasteiger partial charge in [0.2, 0.25) is 0 Å². The van der Waals surface area contributed by atoms with Gasteiger partial charge in [0.05, 0.1) is 15.5 Å². The van der Waals surface area contributed by atoms with E-state index in [-0.39, 0.29) is 10.9 Å². The van der Waals surface area contributed by atoms with Gasteiger partial charge in [-0.25, -0.2) is 8.42 Å². The Balaban J connectivity index is 2.30. The summed E-state index contributed by atoms with van der Waals surface area (Å²) in [5.74, 6) is 0. The number of rotatable bonds is 4. The molecular formula is C17H19ClN2O2S. The Morgan fingerprint density at radius 2 is 2.22 bits per heavy atom.